The average molecular weight is 697 g/mol. The second kappa shape index (κ2) is 30.7. The van der Waals surface area contributed by atoms with Crippen molar-refractivity contribution in [1.82, 2.24) is 0 Å². The maximum Gasteiger partial charge on any atom is 0.306 e. The van der Waals surface area contributed by atoms with Gasteiger partial charge in [-0.05, 0) is 51.4 Å². The molecular weight excluding hydrogens is 628 g/mol. The van der Waals surface area contributed by atoms with Crippen LogP contribution < -0.4 is 0 Å². The van der Waals surface area contributed by atoms with E-state index in [0.717, 1.165) is 51.4 Å². The van der Waals surface area contributed by atoms with Crippen LogP contribution in [0.5, 0.6) is 0 Å². The van der Waals surface area contributed by atoms with Crippen molar-refractivity contribution in [3.05, 3.63) is 36.5 Å². The minimum absolute atomic E-state index is 0.222. The van der Waals surface area contributed by atoms with Gasteiger partial charge in [-0.1, -0.05) is 115 Å². The molecular formula is C39H68O10. The van der Waals surface area contributed by atoms with Crippen molar-refractivity contribution in [3.63, 3.8) is 0 Å². The largest absolute Gasteiger partial charge is 0.462 e. The molecule has 0 radical (unpaired) electrons. The molecule has 0 amide bonds. The zero-order valence-electron chi connectivity index (χ0n) is 30.4. The fourth-order valence-corrected chi connectivity index (χ4v) is 5.43. The fraction of sp³-hybridized carbons (Fsp3) is 0.795. The number of carbonyl (C=O) groups is 2. The fourth-order valence-electron chi connectivity index (χ4n) is 5.43. The van der Waals surface area contributed by atoms with Crippen molar-refractivity contribution in [2.45, 2.75) is 179 Å². The summed E-state index contributed by atoms with van der Waals surface area (Å²) in [6, 6.07) is 0. The topological polar surface area (TPSA) is 152 Å². The van der Waals surface area contributed by atoms with E-state index in [4.69, 9.17) is 18.9 Å². The molecule has 10 heteroatoms. The minimum Gasteiger partial charge on any atom is -0.462 e. The number of esters is 2. The van der Waals surface area contributed by atoms with Gasteiger partial charge in [0.2, 0.25) is 0 Å². The number of hydrogen-bond acceptors (Lipinski definition) is 10. The number of aliphatic hydroxyl groups is 4. The van der Waals surface area contributed by atoms with Crippen LogP contribution in [0.15, 0.2) is 36.5 Å². The first-order chi connectivity index (χ1) is 23.8. The Hall–Kier alpha value is -2.08. The number of unbranched alkanes of at least 4 members (excludes halogenated alkanes) is 13. The molecule has 49 heavy (non-hydrogen) atoms. The molecule has 0 aromatic heterocycles. The average Bonchev–Trinajstić information content (AvgIpc) is 3.10. The van der Waals surface area contributed by atoms with E-state index in [-0.39, 0.29) is 26.1 Å². The highest BCUT2D eigenvalue weighted by Crippen LogP contribution is 2.22. The molecule has 6 atom stereocenters. The van der Waals surface area contributed by atoms with Gasteiger partial charge < -0.3 is 39.4 Å². The predicted octanol–water partition coefficient (Wildman–Crippen LogP) is 6.77. The minimum atomic E-state index is -1.60. The molecule has 1 aliphatic heterocycles. The van der Waals surface area contributed by atoms with Crippen molar-refractivity contribution in [2.75, 3.05) is 19.8 Å². The Morgan fingerprint density at radius 1 is 0.633 bits per heavy atom. The molecule has 0 aromatic rings. The molecule has 0 aromatic carbocycles. The van der Waals surface area contributed by atoms with Crippen molar-refractivity contribution in [3.8, 4) is 0 Å². The van der Waals surface area contributed by atoms with Crippen molar-refractivity contribution < 1.29 is 49.0 Å². The highest BCUT2D eigenvalue weighted by Gasteiger charge is 2.44. The molecule has 10 nitrogen and oxygen atoms in total. The lowest BCUT2D eigenvalue weighted by Gasteiger charge is -2.39. The molecule has 0 spiro atoms. The highest BCUT2D eigenvalue weighted by atomic mass is 16.7. The van der Waals surface area contributed by atoms with Gasteiger partial charge in [0.1, 0.15) is 31.0 Å². The quantitative estimate of drug-likeness (QED) is 0.0360. The Bertz CT molecular complexity index is 902. The Kier molecular flexibility index (Phi) is 28.2. The monoisotopic (exact) mass is 696 g/mol. The van der Waals surface area contributed by atoms with E-state index in [0.29, 0.717) is 12.8 Å². The Labute approximate surface area is 295 Å². The molecule has 1 aliphatic rings. The van der Waals surface area contributed by atoms with Crippen LogP contribution in [0.1, 0.15) is 142 Å². The Morgan fingerprint density at radius 3 is 1.76 bits per heavy atom. The van der Waals surface area contributed by atoms with Crippen LogP contribution in [0.25, 0.3) is 0 Å². The van der Waals surface area contributed by atoms with Gasteiger partial charge in [-0.3, -0.25) is 9.59 Å². The summed E-state index contributed by atoms with van der Waals surface area (Å²) in [7, 11) is 0. The summed E-state index contributed by atoms with van der Waals surface area (Å²) in [5.74, 6) is -0.857. The summed E-state index contributed by atoms with van der Waals surface area (Å²) in [6.07, 6.45) is 24.5. The summed E-state index contributed by atoms with van der Waals surface area (Å²) in [6.45, 7) is 3.30. The lowest BCUT2D eigenvalue weighted by Crippen LogP contribution is -2.59. The first-order valence-electron chi connectivity index (χ1n) is 19.1. The van der Waals surface area contributed by atoms with E-state index in [1.807, 2.05) is 0 Å². The first kappa shape index (κ1) is 44.9. The standard InChI is InChI=1S/C39H68O10/c1-3-5-7-9-11-13-14-15-16-17-18-20-21-23-25-27-34(41)46-30-32(31-47-39-38(45)37(44)36(43)33(29-40)49-39)48-35(42)28-26-24-22-19-12-10-8-6-4-2/h11,13,15-16,18,20,32-33,36-40,43-45H,3-10,12,14,17,19,21-31H2,1-2H3/b13-11+,16-15+,20-18+/t32-,33-,36+,37?,38?,39-/m0/s1. The molecule has 1 fully saturated rings. The number of allylic oxidation sites excluding steroid dienone is 6. The molecule has 0 bridgehead atoms. The normalized spacial score (nSPS) is 22.0. The molecule has 284 valence electrons. The number of hydrogen-bond donors (Lipinski definition) is 4. The first-order valence-corrected chi connectivity index (χ1v) is 19.1. The van der Waals surface area contributed by atoms with Crippen molar-refractivity contribution >= 4 is 11.9 Å². The zero-order valence-corrected chi connectivity index (χ0v) is 30.4. The summed E-state index contributed by atoms with van der Waals surface area (Å²) in [4.78, 5) is 25.1. The molecule has 0 saturated carbocycles. The van der Waals surface area contributed by atoms with E-state index < -0.39 is 55.4 Å². The van der Waals surface area contributed by atoms with E-state index in [1.165, 1.54) is 51.4 Å². The smallest absolute Gasteiger partial charge is 0.306 e. The third-order valence-corrected chi connectivity index (χ3v) is 8.53. The second-order valence-electron chi connectivity index (χ2n) is 13.0. The Balaban J connectivity index is 2.42. The van der Waals surface area contributed by atoms with E-state index in [9.17, 15) is 30.0 Å². The molecule has 1 saturated heterocycles. The Morgan fingerprint density at radius 2 is 1.14 bits per heavy atom. The summed E-state index contributed by atoms with van der Waals surface area (Å²) < 4.78 is 22.0. The van der Waals surface area contributed by atoms with E-state index in [1.54, 1.807) is 0 Å². The third-order valence-electron chi connectivity index (χ3n) is 8.53. The van der Waals surface area contributed by atoms with Gasteiger partial charge >= 0.3 is 11.9 Å². The zero-order chi connectivity index (χ0) is 36.0. The SMILES string of the molecule is CCCCC/C=C/C/C=C/C/C=C/CCCCC(=O)OC[C@@H](CO[C@H]1O[C@@H](CO)[C@@H](O)C(O)C1O)OC(=O)CCCCCCCCCCC. The van der Waals surface area contributed by atoms with Gasteiger partial charge in [-0.25, -0.2) is 0 Å². The number of aliphatic hydroxyl groups excluding tert-OH is 4. The van der Waals surface area contributed by atoms with Crippen LogP contribution in [0, 0.1) is 0 Å². The van der Waals surface area contributed by atoms with Crippen LogP contribution in [0.4, 0.5) is 0 Å². The van der Waals surface area contributed by atoms with E-state index in [2.05, 4.69) is 50.3 Å². The van der Waals surface area contributed by atoms with Crippen molar-refractivity contribution in [1.29, 1.82) is 0 Å². The van der Waals surface area contributed by atoms with Gasteiger partial charge in [-0.15, -0.1) is 0 Å². The van der Waals surface area contributed by atoms with Gasteiger partial charge in [-0.2, -0.15) is 0 Å². The lowest BCUT2D eigenvalue weighted by atomic mass is 9.99. The predicted molar refractivity (Wildman–Crippen MR) is 192 cm³/mol. The van der Waals surface area contributed by atoms with Gasteiger partial charge in [0.25, 0.3) is 0 Å². The molecule has 0 aliphatic carbocycles. The maximum atomic E-state index is 12.6. The summed E-state index contributed by atoms with van der Waals surface area (Å²) in [5, 5.41) is 39.8. The van der Waals surface area contributed by atoms with Gasteiger partial charge in [0, 0.05) is 12.8 Å². The molecule has 2 unspecified atom stereocenters. The lowest BCUT2D eigenvalue weighted by molar-refractivity contribution is -0.305. The number of ether oxygens (including phenoxy) is 4. The van der Waals surface area contributed by atoms with Crippen LogP contribution in [0.3, 0.4) is 0 Å². The highest BCUT2D eigenvalue weighted by molar-refractivity contribution is 5.70. The molecule has 1 rings (SSSR count). The van der Waals surface area contributed by atoms with Crippen LogP contribution in [-0.2, 0) is 28.5 Å². The summed E-state index contributed by atoms with van der Waals surface area (Å²) in [5.41, 5.74) is 0. The van der Waals surface area contributed by atoms with E-state index >= 15 is 0 Å². The summed E-state index contributed by atoms with van der Waals surface area (Å²) >= 11 is 0. The van der Waals surface area contributed by atoms with Gasteiger partial charge in [0.15, 0.2) is 12.4 Å². The third kappa shape index (κ3) is 23.1. The van der Waals surface area contributed by atoms with Crippen molar-refractivity contribution in [2.24, 2.45) is 0 Å². The molecule has 1 heterocycles. The number of carbonyl (C=O) groups excluding carboxylic acids is 2. The number of rotatable bonds is 30. The second-order valence-corrected chi connectivity index (χ2v) is 13.0. The maximum absolute atomic E-state index is 12.6. The van der Waals surface area contributed by atoms with Crippen LogP contribution >= 0.6 is 0 Å². The van der Waals surface area contributed by atoms with Crippen LogP contribution in [0.2, 0.25) is 0 Å². The molecule has 4 N–H and O–H groups in total. The van der Waals surface area contributed by atoms with Crippen LogP contribution in [-0.4, -0.2) is 89.0 Å². The van der Waals surface area contributed by atoms with Gasteiger partial charge in [0.05, 0.1) is 13.2 Å².